The van der Waals surface area contributed by atoms with E-state index >= 15 is 0 Å². The van der Waals surface area contributed by atoms with Crippen LogP contribution in [0.4, 0.5) is 5.95 Å². The molecule has 0 saturated carbocycles. The number of nitrogens with zero attached hydrogens (tertiary/aromatic N) is 5. The van der Waals surface area contributed by atoms with Crippen molar-refractivity contribution in [2.24, 2.45) is 14.1 Å². The zero-order valence-electron chi connectivity index (χ0n) is 12.6. The lowest BCUT2D eigenvalue weighted by atomic mass is 10.5. The third-order valence-corrected chi connectivity index (χ3v) is 3.24. The van der Waals surface area contributed by atoms with Crippen LogP contribution in [0.5, 0.6) is 0 Å². The predicted molar refractivity (Wildman–Crippen MR) is 76.6 cm³/mol. The Morgan fingerprint density at radius 3 is 2.38 bits per heavy atom. The second-order valence-electron chi connectivity index (χ2n) is 4.85. The zero-order valence-corrected chi connectivity index (χ0v) is 12.6. The topological polar surface area (TPSA) is 91.4 Å². The molecule has 2 aromatic rings. The third kappa shape index (κ3) is 2.20. The van der Waals surface area contributed by atoms with Crippen LogP contribution in [0.15, 0.2) is 9.59 Å². The monoisotopic (exact) mass is 295 g/mol. The summed E-state index contributed by atoms with van der Waals surface area (Å²) in [5.74, 6) is -0.109. The van der Waals surface area contributed by atoms with Crippen LogP contribution in [0.2, 0.25) is 0 Å². The summed E-state index contributed by atoms with van der Waals surface area (Å²) in [7, 11) is 7.65. The molecule has 9 nitrogen and oxygen atoms in total. The molecule has 0 aliphatic carbocycles. The van der Waals surface area contributed by atoms with Gasteiger partial charge in [0, 0.05) is 28.2 Å². The zero-order chi connectivity index (χ0) is 15.9. The molecular weight excluding hydrogens is 278 g/mol. The highest BCUT2D eigenvalue weighted by molar-refractivity contribution is 5.78. The fourth-order valence-corrected chi connectivity index (χ4v) is 2.12. The summed E-state index contributed by atoms with van der Waals surface area (Å²) >= 11 is 0. The number of aryl methyl sites for hydroxylation is 1. The van der Waals surface area contributed by atoms with E-state index in [0.717, 1.165) is 4.57 Å². The summed E-state index contributed by atoms with van der Waals surface area (Å²) < 4.78 is 8.35. The second-order valence-corrected chi connectivity index (χ2v) is 4.85. The molecule has 0 radical (unpaired) electrons. The van der Waals surface area contributed by atoms with E-state index in [1.54, 1.807) is 19.0 Å². The van der Waals surface area contributed by atoms with Crippen LogP contribution >= 0.6 is 0 Å². The average Bonchev–Trinajstić information content (AvgIpc) is 2.82. The van der Waals surface area contributed by atoms with E-state index in [9.17, 15) is 14.4 Å². The van der Waals surface area contributed by atoms with Crippen LogP contribution in [0.3, 0.4) is 0 Å². The van der Waals surface area contributed by atoms with Crippen molar-refractivity contribution >= 4 is 23.1 Å². The SMILES string of the molecule is COC(=O)Cn1c(N(C)C)nc2c1c(=O)n(C)c(=O)n2C. The summed E-state index contributed by atoms with van der Waals surface area (Å²) in [4.78, 5) is 41.8. The Morgan fingerprint density at radius 2 is 1.86 bits per heavy atom. The Hall–Kier alpha value is -2.58. The maximum Gasteiger partial charge on any atom is 0.332 e. The van der Waals surface area contributed by atoms with Crippen molar-refractivity contribution in [2.75, 3.05) is 26.1 Å². The molecule has 2 aromatic heterocycles. The molecule has 9 heteroatoms. The first-order valence-electron chi connectivity index (χ1n) is 6.20. The molecule has 0 amide bonds. The molecule has 0 spiro atoms. The maximum absolute atomic E-state index is 12.3. The van der Waals surface area contributed by atoms with Gasteiger partial charge in [0.2, 0.25) is 5.95 Å². The fraction of sp³-hybridized carbons (Fsp3) is 0.500. The van der Waals surface area contributed by atoms with Crippen LogP contribution in [-0.2, 0) is 30.2 Å². The van der Waals surface area contributed by atoms with Gasteiger partial charge in [-0.15, -0.1) is 0 Å². The molecule has 2 rings (SSSR count). The number of hydrogen-bond donors (Lipinski definition) is 0. The molecule has 2 heterocycles. The number of aromatic nitrogens is 4. The minimum absolute atomic E-state index is 0.159. The van der Waals surface area contributed by atoms with Gasteiger partial charge in [-0.25, -0.2) is 4.79 Å². The van der Waals surface area contributed by atoms with Crippen LogP contribution in [-0.4, -0.2) is 45.9 Å². The lowest BCUT2D eigenvalue weighted by Gasteiger charge is -2.13. The van der Waals surface area contributed by atoms with Gasteiger partial charge in [0.1, 0.15) is 6.54 Å². The van der Waals surface area contributed by atoms with Crippen molar-refractivity contribution < 1.29 is 9.53 Å². The van der Waals surface area contributed by atoms with Gasteiger partial charge < -0.3 is 9.64 Å². The number of carbonyl (C=O) groups excluding carboxylic acids is 1. The van der Waals surface area contributed by atoms with Crippen molar-refractivity contribution in [2.45, 2.75) is 6.54 Å². The predicted octanol–water partition coefficient (Wildman–Crippen LogP) is -1.33. The van der Waals surface area contributed by atoms with Crippen LogP contribution < -0.4 is 16.1 Å². The van der Waals surface area contributed by atoms with E-state index in [1.807, 2.05) is 0 Å². The molecule has 0 atom stereocenters. The number of carbonyl (C=O) groups is 1. The van der Waals surface area contributed by atoms with Gasteiger partial charge in [-0.2, -0.15) is 4.98 Å². The number of rotatable bonds is 3. The van der Waals surface area contributed by atoms with Crippen molar-refractivity contribution in [3.63, 3.8) is 0 Å². The second kappa shape index (κ2) is 5.08. The highest BCUT2D eigenvalue weighted by Crippen LogP contribution is 2.17. The van der Waals surface area contributed by atoms with E-state index in [4.69, 9.17) is 0 Å². The van der Waals surface area contributed by atoms with Gasteiger partial charge in [-0.1, -0.05) is 0 Å². The number of fused-ring (bicyclic) bond motifs is 1. The van der Waals surface area contributed by atoms with E-state index in [0.29, 0.717) is 5.95 Å². The smallest absolute Gasteiger partial charge is 0.332 e. The molecule has 0 aliphatic heterocycles. The van der Waals surface area contributed by atoms with Crippen molar-refractivity contribution in [1.82, 2.24) is 18.7 Å². The standard InChI is InChI=1S/C12H17N5O4/c1-14(2)11-13-9-8(17(11)6-7(18)21-5)10(19)16(4)12(20)15(9)3/h6H2,1-5H3. The molecule has 0 aliphatic rings. The molecule has 0 bridgehead atoms. The van der Waals surface area contributed by atoms with Gasteiger partial charge in [-0.3, -0.25) is 23.3 Å². The molecule has 114 valence electrons. The van der Waals surface area contributed by atoms with E-state index in [2.05, 4.69) is 9.72 Å². The van der Waals surface area contributed by atoms with Crippen molar-refractivity contribution in [1.29, 1.82) is 0 Å². The van der Waals surface area contributed by atoms with Gasteiger partial charge >= 0.3 is 11.7 Å². The van der Waals surface area contributed by atoms with Gasteiger partial charge in [0.15, 0.2) is 11.2 Å². The van der Waals surface area contributed by atoms with E-state index in [1.165, 1.54) is 30.3 Å². The van der Waals surface area contributed by atoms with Crippen molar-refractivity contribution in [3.05, 3.63) is 20.8 Å². The number of hydrogen-bond acceptors (Lipinski definition) is 6. The number of methoxy groups -OCH3 is 1. The van der Waals surface area contributed by atoms with Gasteiger partial charge in [0.05, 0.1) is 7.11 Å². The summed E-state index contributed by atoms with van der Waals surface area (Å²) in [6, 6.07) is 0. The Bertz CT molecular complexity index is 827. The van der Waals surface area contributed by atoms with Crippen LogP contribution in [0.25, 0.3) is 11.2 Å². The summed E-state index contributed by atoms with van der Waals surface area (Å²) in [6.07, 6.45) is 0. The first-order valence-corrected chi connectivity index (χ1v) is 6.20. The number of ether oxygens (including phenoxy) is 1. The van der Waals surface area contributed by atoms with E-state index in [-0.39, 0.29) is 17.7 Å². The molecule has 0 fully saturated rings. The first kappa shape index (κ1) is 14.8. The van der Waals surface area contributed by atoms with Gasteiger partial charge in [0.25, 0.3) is 5.56 Å². The fourth-order valence-electron chi connectivity index (χ4n) is 2.12. The van der Waals surface area contributed by atoms with Crippen LogP contribution in [0.1, 0.15) is 0 Å². The number of imidazole rings is 1. The quantitative estimate of drug-likeness (QED) is 0.652. The summed E-state index contributed by atoms with van der Waals surface area (Å²) in [6.45, 7) is -0.159. The Kier molecular flexibility index (Phi) is 3.58. The lowest BCUT2D eigenvalue weighted by Crippen LogP contribution is -2.37. The Labute approximate surface area is 120 Å². The lowest BCUT2D eigenvalue weighted by molar-refractivity contribution is -0.141. The minimum atomic E-state index is -0.506. The van der Waals surface area contributed by atoms with Crippen LogP contribution in [0, 0.1) is 0 Å². The molecule has 21 heavy (non-hydrogen) atoms. The molecule has 0 N–H and O–H groups in total. The average molecular weight is 295 g/mol. The van der Waals surface area contributed by atoms with Gasteiger partial charge in [-0.05, 0) is 0 Å². The minimum Gasteiger partial charge on any atom is -0.468 e. The van der Waals surface area contributed by atoms with Crippen molar-refractivity contribution in [3.8, 4) is 0 Å². The normalized spacial score (nSPS) is 10.9. The number of esters is 1. The largest absolute Gasteiger partial charge is 0.468 e. The first-order chi connectivity index (χ1) is 9.79. The molecule has 0 saturated heterocycles. The summed E-state index contributed by atoms with van der Waals surface area (Å²) in [5, 5.41) is 0. The Balaban J connectivity index is 2.93. The highest BCUT2D eigenvalue weighted by atomic mass is 16.5. The molecule has 0 aromatic carbocycles. The highest BCUT2D eigenvalue weighted by Gasteiger charge is 2.21. The third-order valence-electron chi connectivity index (χ3n) is 3.24. The Morgan fingerprint density at radius 1 is 1.24 bits per heavy atom. The molecular formula is C12H17N5O4. The summed E-state index contributed by atoms with van der Waals surface area (Å²) in [5.41, 5.74) is -0.553. The maximum atomic E-state index is 12.3. The molecule has 0 unspecified atom stereocenters. The van der Waals surface area contributed by atoms with E-state index < -0.39 is 17.2 Å². The number of anilines is 1.